The minimum atomic E-state index is -0.463. The summed E-state index contributed by atoms with van der Waals surface area (Å²) in [5.74, 6) is -0.130. The molecule has 0 N–H and O–H groups in total. The monoisotopic (exact) mass is 313 g/mol. The smallest absolute Gasteiger partial charge is 0.270 e. The Hall–Kier alpha value is -2.63. The number of nitro groups is 1. The van der Waals surface area contributed by atoms with Crippen molar-refractivity contribution in [3.8, 4) is 0 Å². The van der Waals surface area contributed by atoms with Gasteiger partial charge in [0, 0.05) is 43.2 Å². The van der Waals surface area contributed by atoms with E-state index in [0.717, 1.165) is 24.1 Å². The van der Waals surface area contributed by atoms with Crippen molar-refractivity contribution >= 4 is 11.6 Å². The second-order valence-corrected chi connectivity index (χ2v) is 5.96. The Balaban J connectivity index is 1.95. The minimum Gasteiger partial charge on any atom is -0.353 e. The van der Waals surface area contributed by atoms with Crippen molar-refractivity contribution in [3.63, 3.8) is 0 Å². The van der Waals surface area contributed by atoms with Gasteiger partial charge < -0.3 is 9.47 Å². The number of amides is 1. The fraction of sp³-hybridized carbons (Fsp3) is 0.353. The van der Waals surface area contributed by atoms with Crippen LogP contribution >= 0.6 is 0 Å². The van der Waals surface area contributed by atoms with E-state index in [2.05, 4.69) is 0 Å². The number of aromatic nitrogens is 1. The summed E-state index contributed by atoms with van der Waals surface area (Å²) in [5.41, 5.74) is 2.23. The number of rotatable bonds is 3. The maximum absolute atomic E-state index is 13.0. The lowest BCUT2D eigenvalue weighted by Gasteiger charge is -2.26. The van der Waals surface area contributed by atoms with Crippen LogP contribution in [-0.4, -0.2) is 26.8 Å². The van der Waals surface area contributed by atoms with Crippen LogP contribution < -0.4 is 0 Å². The lowest BCUT2D eigenvalue weighted by molar-refractivity contribution is -0.384. The molecule has 2 heterocycles. The van der Waals surface area contributed by atoms with Crippen molar-refractivity contribution in [2.75, 3.05) is 6.54 Å². The number of hydrogen-bond donors (Lipinski definition) is 0. The predicted octanol–water partition coefficient (Wildman–Crippen LogP) is 3.22. The first-order valence-electron chi connectivity index (χ1n) is 7.66. The quantitative estimate of drug-likeness (QED) is 0.645. The van der Waals surface area contributed by atoms with Crippen LogP contribution in [-0.2, 0) is 7.05 Å². The third kappa shape index (κ3) is 2.72. The van der Waals surface area contributed by atoms with Crippen LogP contribution in [0.3, 0.4) is 0 Å². The van der Waals surface area contributed by atoms with Gasteiger partial charge in [-0.2, -0.15) is 0 Å². The molecule has 23 heavy (non-hydrogen) atoms. The van der Waals surface area contributed by atoms with Crippen molar-refractivity contribution in [3.05, 3.63) is 63.5 Å². The molecule has 1 atom stereocenters. The summed E-state index contributed by atoms with van der Waals surface area (Å²) in [5, 5.41) is 11.0. The molecule has 1 aromatic heterocycles. The largest absolute Gasteiger partial charge is 0.353 e. The molecule has 2 aromatic rings. The van der Waals surface area contributed by atoms with Gasteiger partial charge in [0.25, 0.3) is 11.6 Å². The van der Waals surface area contributed by atoms with Gasteiger partial charge in [-0.3, -0.25) is 14.9 Å². The number of nitro benzene ring substituents is 1. The molecule has 0 aliphatic carbocycles. The summed E-state index contributed by atoms with van der Waals surface area (Å²) >= 11 is 0. The van der Waals surface area contributed by atoms with E-state index in [-0.39, 0.29) is 17.6 Å². The molecule has 1 aliphatic heterocycles. The molecule has 6 nitrogen and oxygen atoms in total. The van der Waals surface area contributed by atoms with Crippen LogP contribution in [0.4, 0.5) is 5.69 Å². The number of likely N-dealkylation sites (tertiary alicyclic amines) is 1. The van der Waals surface area contributed by atoms with E-state index >= 15 is 0 Å². The second kappa shape index (κ2) is 5.87. The summed E-state index contributed by atoms with van der Waals surface area (Å²) in [6, 6.07) is 8.48. The first-order chi connectivity index (χ1) is 11.0. The molecule has 1 amide bonds. The van der Waals surface area contributed by atoms with Gasteiger partial charge in [0.15, 0.2) is 0 Å². The molecule has 6 heteroatoms. The van der Waals surface area contributed by atoms with Crippen LogP contribution in [0.2, 0.25) is 0 Å². The molecule has 1 fully saturated rings. The maximum Gasteiger partial charge on any atom is 0.270 e. The number of carbonyl (C=O) groups is 1. The van der Waals surface area contributed by atoms with Crippen molar-refractivity contribution in [2.24, 2.45) is 7.05 Å². The van der Waals surface area contributed by atoms with Gasteiger partial charge in [0.2, 0.25) is 0 Å². The number of carbonyl (C=O) groups excluding carboxylic acids is 1. The van der Waals surface area contributed by atoms with Gasteiger partial charge in [0.05, 0.1) is 11.0 Å². The molecular weight excluding hydrogens is 294 g/mol. The maximum atomic E-state index is 13.0. The molecule has 0 bridgehead atoms. The highest BCUT2D eigenvalue weighted by Gasteiger charge is 2.32. The lowest BCUT2D eigenvalue weighted by Crippen LogP contribution is -2.32. The second-order valence-electron chi connectivity index (χ2n) is 5.96. The number of hydrogen-bond acceptors (Lipinski definition) is 3. The van der Waals surface area contributed by atoms with Crippen molar-refractivity contribution < 1.29 is 9.72 Å². The van der Waals surface area contributed by atoms with Gasteiger partial charge in [-0.05, 0) is 37.5 Å². The van der Waals surface area contributed by atoms with Crippen molar-refractivity contribution in [1.29, 1.82) is 0 Å². The number of aryl methyl sites for hydroxylation is 2. The third-order valence-electron chi connectivity index (χ3n) is 4.50. The van der Waals surface area contributed by atoms with E-state index in [1.165, 1.54) is 12.1 Å². The summed E-state index contributed by atoms with van der Waals surface area (Å²) < 4.78 is 2.02. The molecular formula is C17H19N3O3. The Morgan fingerprint density at radius 3 is 2.78 bits per heavy atom. The minimum absolute atomic E-state index is 0.0289. The van der Waals surface area contributed by atoms with Crippen molar-refractivity contribution in [2.45, 2.75) is 25.8 Å². The van der Waals surface area contributed by atoms with E-state index in [0.29, 0.717) is 12.1 Å². The highest BCUT2D eigenvalue weighted by atomic mass is 16.6. The Morgan fingerprint density at radius 2 is 2.13 bits per heavy atom. The number of non-ortho nitro benzene ring substituents is 1. The average molecular weight is 313 g/mol. The van der Waals surface area contributed by atoms with Gasteiger partial charge in [-0.15, -0.1) is 0 Å². The molecule has 0 radical (unpaired) electrons. The lowest BCUT2D eigenvalue weighted by atomic mass is 10.1. The van der Waals surface area contributed by atoms with E-state index in [4.69, 9.17) is 0 Å². The summed E-state index contributed by atoms with van der Waals surface area (Å²) in [6.07, 6.45) is 3.82. The van der Waals surface area contributed by atoms with Crippen LogP contribution in [0.1, 0.15) is 40.5 Å². The molecule has 0 saturated carbocycles. The van der Waals surface area contributed by atoms with Gasteiger partial charge in [-0.25, -0.2) is 0 Å². The molecule has 1 unspecified atom stereocenters. The predicted molar refractivity (Wildman–Crippen MR) is 86.3 cm³/mol. The van der Waals surface area contributed by atoms with Gasteiger partial charge in [0.1, 0.15) is 0 Å². The fourth-order valence-corrected chi connectivity index (χ4v) is 3.25. The summed E-state index contributed by atoms with van der Waals surface area (Å²) in [6.45, 7) is 2.49. The zero-order valence-corrected chi connectivity index (χ0v) is 13.2. The zero-order valence-electron chi connectivity index (χ0n) is 13.2. The van der Waals surface area contributed by atoms with E-state index in [1.807, 2.05) is 41.8 Å². The molecule has 1 aromatic carbocycles. The topological polar surface area (TPSA) is 68.4 Å². The molecule has 0 spiro atoms. The van der Waals surface area contributed by atoms with Crippen LogP contribution in [0, 0.1) is 17.0 Å². The SMILES string of the molecule is Cc1ccc([N+](=O)[O-])cc1C(=O)N1CCCC1c1cccn1C. The van der Waals surface area contributed by atoms with Crippen LogP contribution in [0.25, 0.3) is 0 Å². The summed E-state index contributed by atoms with van der Waals surface area (Å²) in [4.78, 5) is 25.3. The number of benzene rings is 1. The van der Waals surface area contributed by atoms with Crippen molar-refractivity contribution in [1.82, 2.24) is 9.47 Å². The standard InChI is InChI=1S/C17H19N3O3/c1-12-7-8-13(20(22)23)11-14(12)17(21)19-10-4-6-16(19)15-5-3-9-18(15)2/h3,5,7-9,11,16H,4,6,10H2,1-2H3. The van der Waals surface area contributed by atoms with Gasteiger partial charge in [-0.1, -0.05) is 6.07 Å². The Bertz CT molecular complexity index is 766. The highest BCUT2D eigenvalue weighted by molar-refractivity contribution is 5.96. The van der Waals surface area contributed by atoms with Crippen LogP contribution in [0.15, 0.2) is 36.5 Å². The highest BCUT2D eigenvalue weighted by Crippen LogP contribution is 2.34. The first kappa shape index (κ1) is 15.3. The first-order valence-corrected chi connectivity index (χ1v) is 7.66. The third-order valence-corrected chi connectivity index (χ3v) is 4.50. The number of nitrogens with zero attached hydrogens (tertiary/aromatic N) is 3. The van der Waals surface area contributed by atoms with E-state index < -0.39 is 4.92 Å². The average Bonchev–Trinajstić information content (AvgIpc) is 3.14. The fourth-order valence-electron chi connectivity index (χ4n) is 3.25. The zero-order chi connectivity index (χ0) is 16.6. The van der Waals surface area contributed by atoms with E-state index in [9.17, 15) is 14.9 Å². The molecule has 3 rings (SSSR count). The molecule has 120 valence electrons. The summed E-state index contributed by atoms with van der Waals surface area (Å²) in [7, 11) is 1.97. The Morgan fingerprint density at radius 1 is 1.35 bits per heavy atom. The van der Waals surface area contributed by atoms with Crippen LogP contribution in [0.5, 0.6) is 0 Å². The van der Waals surface area contributed by atoms with Gasteiger partial charge >= 0.3 is 0 Å². The Kier molecular flexibility index (Phi) is 3.90. The normalized spacial score (nSPS) is 17.5. The van der Waals surface area contributed by atoms with E-state index in [1.54, 1.807) is 6.07 Å². The Labute approximate surface area is 134 Å². The molecule has 1 aliphatic rings. The molecule has 1 saturated heterocycles.